The molecule has 2 N–H and O–H groups in total. The van der Waals surface area contributed by atoms with Gasteiger partial charge in [0, 0.05) is 11.4 Å². The van der Waals surface area contributed by atoms with Crippen LogP contribution in [0.3, 0.4) is 0 Å². The number of benzene rings is 1. The Kier molecular flexibility index (Phi) is 4.31. The second-order valence-electron chi connectivity index (χ2n) is 4.27. The summed E-state index contributed by atoms with van der Waals surface area (Å²) in [5.74, 6) is 0.783. The minimum Gasteiger partial charge on any atom is -0.490 e. The molecule has 1 heterocycles. The van der Waals surface area contributed by atoms with Crippen molar-refractivity contribution in [2.75, 3.05) is 6.61 Å². The lowest BCUT2D eigenvalue weighted by Crippen LogP contribution is -2.22. The van der Waals surface area contributed by atoms with Crippen LogP contribution in [0, 0.1) is 0 Å². The molecular formula is C13H17ClN2O2. The first-order chi connectivity index (χ1) is 8.67. The molecule has 0 aliphatic carbocycles. The van der Waals surface area contributed by atoms with Gasteiger partial charge < -0.3 is 15.2 Å². The zero-order valence-corrected chi connectivity index (χ0v) is 11.1. The van der Waals surface area contributed by atoms with Gasteiger partial charge >= 0.3 is 0 Å². The highest BCUT2D eigenvalue weighted by Gasteiger charge is 2.21. The van der Waals surface area contributed by atoms with Crippen molar-refractivity contribution in [3.05, 3.63) is 29.3 Å². The lowest BCUT2D eigenvalue weighted by atomic mass is 10.1. The van der Waals surface area contributed by atoms with Crippen molar-refractivity contribution in [3.63, 3.8) is 0 Å². The van der Waals surface area contributed by atoms with Crippen LogP contribution in [0.5, 0.6) is 5.75 Å². The first-order valence-electron chi connectivity index (χ1n) is 6.05. The van der Waals surface area contributed by atoms with Crippen LogP contribution in [0.15, 0.2) is 29.3 Å². The molecule has 0 spiro atoms. The smallest absolute Gasteiger partial charge is 0.282 e. The maximum atomic E-state index is 5.92. The fourth-order valence-corrected chi connectivity index (χ4v) is 2.07. The van der Waals surface area contributed by atoms with E-state index >= 15 is 0 Å². The molecule has 18 heavy (non-hydrogen) atoms. The fourth-order valence-electron chi connectivity index (χ4n) is 1.89. The Morgan fingerprint density at radius 1 is 1.61 bits per heavy atom. The van der Waals surface area contributed by atoms with Crippen molar-refractivity contribution in [2.45, 2.75) is 31.9 Å². The molecule has 2 rings (SSSR count). The Morgan fingerprint density at radius 3 is 3.06 bits per heavy atom. The van der Waals surface area contributed by atoms with Crippen molar-refractivity contribution in [3.8, 4) is 5.75 Å². The van der Waals surface area contributed by atoms with Gasteiger partial charge in [-0.15, -0.1) is 0 Å². The van der Waals surface area contributed by atoms with Gasteiger partial charge in [-0.2, -0.15) is 0 Å². The molecule has 0 unspecified atom stereocenters. The van der Waals surface area contributed by atoms with Gasteiger partial charge in [0.1, 0.15) is 18.5 Å². The second-order valence-corrected chi connectivity index (χ2v) is 4.71. The van der Waals surface area contributed by atoms with Crippen LogP contribution in [0.25, 0.3) is 0 Å². The molecule has 0 saturated heterocycles. The lowest BCUT2D eigenvalue weighted by Gasteiger charge is -2.19. The van der Waals surface area contributed by atoms with E-state index in [-0.39, 0.29) is 18.2 Å². The van der Waals surface area contributed by atoms with E-state index in [0.717, 1.165) is 18.6 Å². The van der Waals surface area contributed by atoms with Crippen molar-refractivity contribution in [2.24, 2.45) is 10.7 Å². The number of rotatable bonds is 5. The van der Waals surface area contributed by atoms with Gasteiger partial charge in [-0.3, -0.25) is 0 Å². The van der Waals surface area contributed by atoms with Crippen LogP contribution in [-0.4, -0.2) is 24.8 Å². The normalized spacial score (nSPS) is 20.1. The third-order valence-electron chi connectivity index (χ3n) is 2.82. The van der Waals surface area contributed by atoms with Crippen molar-refractivity contribution < 1.29 is 9.47 Å². The summed E-state index contributed by atoms with van der Waals surface area (Å²) in [6.45, 7) is 2.62. The van der Waals surface area contributed by atoms with E-state index in [2.05, 4.69) is 11.9 Å². The number of halogens is 1. The zero-order valence-electron chi connectivity index (χ0n) is 10.3. The van der Waals surface area contributed by atoms with Gasteiger partial charge in [-0.1, -0.05) is 24.6 Å². The molecule has 4 nitrogen and oxygen atoms in total. The van der Waals surface area contributed by atoms with E-state index in [9.17, 15) is 0 Å². The molecule has 0 fully saturated rings. The maximum Gasteiger partial charge on any atom is 0.282 e. The van der Waals surface area contributed by atoms with Crippen LogP contribution in [0.4, 0.5) is 0 Å². The minimum atomic E-state index is 0.0896. The molecule has 5 heteroatoms. The first kappa shape index (κ1) is 13.0. The van der Waals surface area contributed by atoms with E-state index in [4.69, 9.17) is 26.8 Å². The van der Waals surface area contributed by atoms with E-state index in [1.165, 1.54) is 0 Å². The molecule has 0 radical (unpaired) electrons. The molecule has 1 aromatic carbocycles. The monoisotopic (exact) mass is 268 g/mol. The van der Waals surface area contributed by atoms with Crippen LogP contribution >= 0.6 is 11.6 Å². The molecule has 0 amide bonds. The van der Waals surface area contributed by atoms with Crippen molar-refractivity contribution >= 4 is 17.6 Å². The van der Waals surface area contributed by atoms with Crippen LogP contribution < -0.4 is 10.5 Å². The number of ether oxygens (including phenoxy) is 2. The summed E-state index contributed by atoms with van der Waals surface area (Å²) >= 11 is 5.92. The maximum absolute atomic E-state index is 5.92. The number of hydrogen-bond donors (Lipinski definition) is 1. The Labute approximate surface area is 112 Å². The molecule has 0 saturated carbocycles. The third-order valence-corrected chi connectivity index (χ3v) is 3.06. The number of nitrogens with two attached hydrogens (primary N) is 1. The molecule has 1 aromatic rings. The average Bonchev–Trinajstić information content (AvgIpc) is 2.74. The van der Waals surface area contributed by atoms with Crippen molar-refractivity contribution in [1.29, 1.82) is 0 Å². The van der Waals surface area contributed by atoms with Gasteiger partial charge in [0.05, 0.1) is 6.04 Å². The SMILES string of the molecule is CC[C@H](C[C@H]1COC(N)=N1)Oc1cccc(Cl)c1. The Morgan fingerprint density at radius 2 is 2.44 bits per heavy atom. The Balaban J connectivity index is 1.93. The molecule has 1 aliphatic heterocycles. The predicted molar refractivity (Wildman–Crippen MR) is 72.1 cm³/mol. The molecular weight excluding hydrogens is 252 g/mol. The summed E-state index contributed by atoms with van der Waals surface area (Å²) in [5.41, 5.74) is 5.48. The van der Waals surface area contributed by atoms with Gasteiger partial charge in [0.2, 0.25) is 0 Å². The molecule has 98 valence electrons. The topological polar surface area (TPSA) is 56.8 Å². The quantitative estimate of drug-likeness (QED) is 0.893. The zero-order chi connectivity index (χ0) is 13.0. The second kappa shape index (κ2) is 5.96. The first-order valence-corrected chi connectivity index (χ1v) is 6.43. The highest BCUT2D eigenvalue weighted by molar-refractivity contribution is 6.30. The standard InChI is InChI=1S/C13H17ClN2O2/c1-2-11(7-10-8-17-13(15)16-10)18-12-5-3-4-9(14)6-12/h3-6,10-11H,2,7-8H2,1H3,(H2,15,16)/t10-,11+/m0/s1. The summed E-state index contributed by atoms with van der Waals surface area (Å²) in [4.78, 5) is 4.20. The minimum absolute atomic E-state index is 0.0896. The summed E-state index contributed by atoms with van der Waals surface area (Å²) in [7, 11) is 0. The van der Waals surface area contributed by atoms with Crippen LogP contribution in [0.2, 0.25) is 5.02 Å². The molecule has 2 atom stereocenters. The van der Waals surface area contributed by atoms with E-state index in [1.807, 2.05) is 24.3 Å². The van der Waals surface area contributed by atoms with E-state index in [0.29, 0.717) is 11.6 Å². The summed E-state index contributed by atoms with van der Waals surface area (Å²) in [6.07, 6.45) is 1.79. The highest BCUT2D eigenvalue weighted by atomic mass is 35.5. The van der Waals surface area contributed by atoms with Gasteiger partial charge in [-0.25, -0.2) is 4.99 Å². The Hall–Kier alpha value is -1.42. The summed E-state index contributed by atoms with van der Waals surface area (Å²) in [5, 5.41) is 0.675. The van der Waals surface area contributed by atoms with E-state index in [1.54, 1.807) is 0 Å². The fraction of sp³-hybridized carbons (Fsp3) is 0.462. The molecule has 1 aliphatic rings. The number of hydrogen-bond acceptors (Lipinski definition) is 4. The van der Waals surface area contributed by atoms with Gasteiger partial charge in [0.15, 0.2) is 0 Å². The summed E-state index contributed by atoms with van der Waals surface area (Å²) in [6, 6.07) is 7.78. The van der Waals surface area contributed by atoms with Crippen molar-refractivity contribution in [1.82, 2.24) is 0 Å². The molecule has 0 aromatic heterocycles. The number of aliphatic imine (C=N–C) groups is 1. The van der Waals surface area contributed by atoms with Gasteiger partial charge in [0.25, 0.3) is 6.02 Å². The van der Waals surface area contributed by atoms with Gasteiger partial charge in [-0.05, 0) is 24.6 Å². The largest absolute Gasteiger partial charge is 0.490 e. The lowest BCUT2D eigenvalue weighted by molar-refractivity contribution is 0.168. The number of nitrogens with zero attached hydrogens (tertiary/aromatic N) is 1. The Bertz CT molecular complexity index is 437. The van der Waals surface area contributed by atoms with Crippen LogP contribution in [-0.2, 0) is 4.74 Å². The third kappa shape index (κ3) is 3.53. The average molecular weight is 269 g/mol. The molecule has 0 bridgehead atoms. The van der Waals surface area contributed by atoms with E-state index < -0.39 is 0 Å². The van der Waals surface area contributed by atoms with Crippen LogP contribution in [0.1, 0.15) is 19.8 Å². The predicted octanol–water partition coefficient (Wildman–Crippen LogP) is 2.60. The highest BCUT2D eigenvalue weighted by Crippen LogP contribution is 2.21. The summed E-state index contributed by atoms with van der Waals surface area (Å²) < 4.78 is 11.0. The number of amidine groups is 1.